The van der Waals surface area contributed by atoms with Crippen molar-refractivity contribution in [1.82, 2.24) is 5.32 Å². The largest absolute Gasteiger partial charge is 0.352 e. The lowest BCUT2D eigenvalue weighted by molar-refractivity contribution is 0.0953. The van der Waals surface area contributed by atoms with Gasteiger partial charge >= 0.3 is 0 Å². The number of halogens is 1. The number of hydrogen-bond donors (Lipinski definition) is 1. The molecule has 0 aromatic heterocycles. The molecule has 116 valence electrons. The number of carbonyl (C=O) groups is 1. The summed E-state index contributed by atoms with van der Waals surface area (Å²) in [5.74, 6) is 0.449. The summed E-state index contributed by atoms with van der Waals surface area (Å²) in [4.78, 5) is 12.0. The van der Waals surface area contributed by atoms with E-state index in [4.69, 9.17) is 11.6 Å². The van der Waals surface area contributed by atoms with E-state index in [1.807, 2.05) is 12.1 Å². The van der Waals surface area contributed by atoms with Crippen molar-refractivity contribution in [2.75, 3.05) is 6.54 Å². The van der Waals surface area contributed by atoms with Crippen LogP contribution in [-0.4, -0.2) is 12.5 Å². The van der Waals surface area contributed by atoms with Gasteiger partial charge in [0.2, 0.25) is 0 Å². The van der Waals surface area contributed by atoms with Gasteiger partial charge in [0.25, 0.3) is 5.91 Å². The minimum Gasteiger partial charge on any atom is -0.352 e. The molecule has 0 saturated heterocycles. The van der Waals surface area contributed by atoms with Gasteiger partial charge in [0.1, 0.15) is 0 Å². The second-order valence-corrected chi connectivity index (χ2v) is 6.14. The molecule has 2 aromatic rings. The first-order valence-corrected chi connectivity index (χ1v) is 8.07. The predicted molar refractivity (Wildman–Crippen MR) is 92.6 cm³/mol. The first-order chi connectivity index (χ1) is 10.6. The van der Waals surface area contributed by atoms with E-state index in [0.29, 0.717) is 23.0 Å². The lowest BCUT2D eigenvalue weighted by Gasteiger charge is -2.08. The maximum Gasteiger partial charge on any atom is 0.252 e. The molecule has 0 aliphatic rings. The average Bonchev–Trinajstić information content (AvgIpc) is 2.52. The third kappa shape index (κ3) is 4.60. The summed E-state index contributed by atoms with van der Waals surface area (Å²) < 4.78 is 0. The van der Waals surface area contributed by atoms with Crippen molar-refractivity contribution in [2.45, 2.75) is 32.6 Å². The Balaban J connectivity index is 1.77. The van der Waals surface area contributed by atoms with Crippen molar-refractivity contribution in [3.8, 4) is 0 Å². The van der Waals surface area contributed by atoms with Gasteiger partial charge in [-0.1, -0.05) is 61.8 Å². The fraction of sp³-hybridized carbons (Fsp3) is 0.316. The lowest BCUT2D eigenvalue weighted by atomic mass is 10.0. The summed E-state index contributed by atoms with van der Waals surface area (Å²) in [7, 11) is 0. The summed E-state index contributed by atoms with van der Waals surface area (Å²) in [5, 5.41) is 3.41. The van der Waals surface area contributed by atoms with Gasteiger partial charge in [0.15, 0.2) is 0 Å². The van der Waals surface area contributed by atoms with Gasteiger partial charge in [-0.25, -0.2) is 0 Å². The van der Waals surface area contributed by atoms with E-state index in [2.05, 4.69) is 43.4 Å². The predicted octanol–water partition coefficient (Wildman–Crippen LogP) is 4.83. The summed E-state index contributed by atoms with van der Waals surface area (Å²) in [5.41, 5.74) is 3.19. The molecule has 0 aliphatic heterocycles. The maximum absolute atomic E-state index is 12.0. The van der Waals surface area contributed by atoms with Crippen molar-refractivity contribution in [1.29, 1.82) is 0 Å². The molecule has 0 saturated carbocycles. The van der Waals surface area contributed by atoms with Crippen LogP contribution in [0.25, 0.3) is 0 Å². The van der Waals surface area contributed by atoms with Crippen molar-refractivity contribution < 1.29 is 4.79 Å². The summed E-state index contributed by atoms with van der Waals surface area (Å²) in [6, 6.07) is 15.8. The minimum atomic E-state index is -0.110. The molecule has 22 heavy (non-hydrogen) atoms. The molecule has 0 radical (unpaired) electrons. The Bertz CT molecular complexity index is 620. The first kappa shape index (κ1) is 16.6. The smallest absolute Gasteiger partial charge is 0.252 e. The lowest BCUT2D eigenvalue weighted by Crippen LogP contribution is -2.25. The standard InChI is InChI=1S/C19H22ClNO/c1-14(2)16-11-9-15(10-12-16)6-5-13-21-19(22)17-7-3-4-8-18(17)20/h3-4,7-12,14H,5-6,13H2,1-2H3,(H,21,22). The van der Waals surface area contributed by atoms with Gasteiger partial charge in [0, 0.05) is 6.54 Å². The zero-order valence-corrected chi connectivity index (χ0v) is 13.9. The van der Waals surface area contributed by atoms with E-state index in [9.17, 15) is 4.79 Å². The van der Waals surface area contributed by atoms with Crippen LogP contribution >= 0.6 is 11.6 Å². The Morgan fingerprint density at radius 1 is 1.09 bits per heavy atom. The molecule has 2 rings (SSSR count). The van der Waals surface area contributed by atoms with E-state index in [0.717, 1.165) is 12.8 Å². The zero-order valence-electron chi connectivity index (χ0n) is 13.1. The molecule has 0 spiro atoms. The third-order valence-corrected chi connectivity index (χ3v) is 4.02. The van der Waals surface area contributed by atoms with E-state index >= 15 is 0 Å². The van der Waals surface area contributed by atoms with Gasteiger partial charge < -0.3 is 5.32 Å². The molecule has 2 nitrogen and oxygen atoms in total. The Labute approximate surface area is 137 Å². The molecular weight excluding hydrogens is 294 g/mol. The topological polar surface area (TPSA) is 29.1 Å². The van der Waals surface area contributed by atoms with Gasteiger partial charge in [-0.05, 0) is 42.0 Å². The van der Waals surface area contributed by atoms with Crippen LogP contribution < -0.4 is 5.32 Å². The normalized spacial score (nSPS) is 10.7. The quantitative estimate of drug-likeness (QED) is 0.760. The van der Waals surface area contributed by atoms with E-state index < -0.39 is 0 Å². The van der Waals surface area contributed by atoms with Crippen LogP contribution in [-0.2, 0) is 6.42 Å². The van der Waals surface area contributed by atoms with Crippen LogP contribution in [0.5, 0.6) is 0 Å². The number of amides is 1. The Morgan fingerprint density at radius 2 is 1.77 bits per heavy atom. The molecule has 0 aliphatic carbocycles. The van der Waals surface area contributed by atoms with Crippen molar-refractivity contribution in [2.24, 2.45) is 0 Å². The van der Waals surface area contributed by atoms with Crippen LogP contribution in [0.1, 0.15) is 47.7 Å². The minimum absolute atomic E-state index is 0.110. The highest BCUT2D eigenvalue weighted by atomic mass is 35.5. The van der Waals surface area contributed by atoms with Crippen LogP contribution in [0.2, 0.25) is 5.02 Å². The molecule has 0 atom stereocenters. The zero-order chi connectivity index (χ0) is 15.9. The van der Waals surface area contributed by atoms with Crippen LogP contribution in [0.3, 0.4) is 0 Å². The second kappa shape index (κ2) is 8.00. The monoisotopic (exact) mass is 315 g/mol. The summed E-state index contributed by atoms with van der Waals surface area (Å²) in [6.45, 7) is 5.04. The SMILES string of the molecule is CC(C)c1ccc(CCCNC(=O)c2ccccc2Cl)cc1. The molecule has 0 fully saturated rings. The molecule has 3 heteroatoms. The first-order valence-electron chi connectivity index (χ1n) is 7.69. The molecule has 0 unspecified atom stereocenters. The highest BCUT2D eigenvalue weighted by molar-refractivity contribution is 6.33. The van der Waals surface area contributed by atoms with Gasteiger partial charge in [0.05, 0.1) is 10.6 Å². The Morgan fingerprint density at radius 3 is 2.41 bits per heavy atom. The Kier molecular flexibility index (Phi) is 6.02. The molecule has 0 bridgehead atoms. The fourth-order valence-corrected chi connectivity index (χ4v) is 2.53. The van der Waals surface area contributed by atoms with Crippen LogP contribution in [0.4, 0.5) is 0 Å². The average molecular weight is 316 g/mol. The van der Waals surface area contributed by atoms with Gasteiger partial charge in [-0.3, -0.25) is 4.79 Å². The number of aryl methyl sites for hydroxylation is 1. The van der Waals surface area contributed by atoms with Crippen LogP contribution in [0.15, 0.2) is 48.5 Å². The van der Waals surface area contributed by atoms with Gasteiger partial charge in [-0.2, -0.15) is 0 Å². The van der Waals surface area contributed by atoms with Crippen LogP contribution in [0, 0.1) is 0 Å². The van der Waals surface area contributed by atoms with Gasteiger partial charge in [-0.15, -0.1) is 0 Å². The second-order valence-electron chi connectivity index (χ2n) is 5.74. The highest BCUT2D eigenvalue weighted by Crippen LogP contribution is 2.16. The molecular formula is C19H22ClNO. The van der Waals surface area contributed by atoms with E-state index in [1.165, 1.54) is 11.1 Å². The third-order valence-electron chi connectivity index (χ3n) is 3.69. The maximum atomic E-state index is 12.0. The molecule has 1 amide bonds. The van der Waals surface area contributed by atoms with Crippen molar-refractivity contribution in [3.05, 3.63) is 70.2 Å². The van der Waals surface area contributed by atoms with E-state index in [1.54, 1.807) is 12.1 Å². The number of rotatable bonds is 6. The Hall–Kier alpha value is -1.80. The summed E-state index contributed by atoms with van der Waals surface area (Å²) in [6.07, 6.45) is 1.87. The molecule has 0 heterocycles. The highest BCUT2D eigenvalue weighted by Gasteiger charge is 2.08. The van der Waals surface area contributed by atoms with Crippen molar-refractivity contribution >= 4 is 17.5 Å². The molecule has 2 aromatic carbocycles. The number of benzene rings is 2. The fourth-order valence-electron chi connectivity index (χ4n) is 2.30. The number of hydrogen-bond acceptors (Lipinski definition) is 1. The van der Waals surface area contributed by atoms with E-state index in [-0.39, 0.29) is 5.91 Å². The van der Waals surface area contributed by atoms with Crippen molar-refractivity contribution in [3.63, 3.8) is 0 Å². The molecule has 1 N–H and O–H groups in total. The summed E-state index contributed by atoms with van der Waals surface area (Å²) >= 11 is 6.01. The number of carbonyl (C=O) groups excluding carboxylic acids is 1. The number of nitrogens with one attached hydrogen (secondary N) is 1.